The van der Waals surface area contributed by atoms with E-state index in [1.807, 2.05) is 24.3 Å². The van der Waals surface area contributed by atoms with E-state index in [0.717, 1.165) is 11.3 Å². The van der Waals surface area contributed by atoms with Crippen molar-refractivity contribution < 1.29 is 5.11 Å². The molecule has 0 spiro atoms. The normalized spacial score (nSPS) is 21.4. The standard InChI is InChI=1S/C9H9NO/c11-9-5-1-4-8-7(9)3-2-6-10-8/h1-4,6,9,11H,5H2. The molecule has 1 atom stereocenters. The van der Waals surface area contributed by atoms with Crippen molar-refractivity contribution in [1.29, 1.82) is 0 Å². The van der Waals surface area contributed by atoms with Crippen molar-refractivity contribution in [3.05, 3.63) is 35.7 Å². The smallest absolute Gasteiger partial charge is 0.0845 e. The van der Waals surface area contributed by atoms with E-state index in [2.05, 4.69) is 4.98 Å². The summed E-state index contributed by atoms with van der Waals surface area (Å²) in [6.07, 6.45) is 5.98. The van der Waals surface area contributed by atoms with Gasteiger partial charge in [0, 0.05) is 11.8 Å². The molecule has 1 unspecified atom stereocenters. The largest absolute Gasteiger partial charge is 0.388 e. The van der Waals surface area contributed by atoms with Gasteiger partial charge in [0.15, 0.2) is 0 Å². The second kappa shape index (κ2) is 2.47. The monoisotopic (exact) mass is 147 g/mol. The molecule has 1 N–H and O–H groups in total. The molecule has 0 aromatic carbocycles. The molecule has 0 bridgehead atoms. The maximum Gasteiger partial charge on any atom is 0.0845 e. The third-order valence-electron chi connectivity index (χ3n) is 1.87. The van der Waals surface area contributed by atoms with Crippen LogP contribution < -0.4 is 0 Å². The first-order chi connectivity index (χ1) is 5.38. The van der Waals surface area contributed by atoms with Crippen LogP contribution in [0.2, 0.25) is 0 Å². The summed E-state index contributed by atoms with van der Waals surface area (Å²) in [7, 11) is 0. The SMILES string of the molecule is OC1CC=Cc2ncccc21. The van der Waals surface area contributed by atoms with Gasteiger partial charge in [-0.3, -0.25) is 4.98 Å². The minimum Gasteiger partial charge on any atom is -0.388 e. The number of aromatic nitrogens is 1. The Bertz CT molecular complexity index is 293. The highest BCUT2D eigenvalue weighted by Crippen LogP contribution is 2.24. The molecule has 1 heterocycles. The zero-order valence-electron chi connectivity index (χ0n) is 6.07. The second-order valence-corrected chi connectivity index (χ2v) is 2.63. The summed E-state index contributed by atoms with van der Waals surface area (Å²) in [6.45, 7) is 0. The first-order valence-corrected chi connectivity index (χ1v) is 3.67. The van der Waals surface area contributed by atoms with E-state index in [9.17, 15) is 5.11 Å². The molecule has 0 fully saturated rings. The molecule has 1 aliphatic carbocycles. The lowest BCUT2D eigenvalue weighted by Crippen LogP contribution is -2.03. The molecular weight excluding hydrogens is 138 g/mol. The molecular formula is C9H9NO. The molecule has 0 saturated heterocycles. The number of aliphatic hydroxyl groups excluding tert-OH is 1. The van der Waals surface area contributed by atoms with Gasteiger partial charge in [-0.05, 0) is 18.6 Å². The summed E-state index contributed by atoms with van der Waals surface area (Å²) in [5, 5.41) is 9.47. The molecule has 1 aromatic heterocycles. The molecule has 0 aliphatic heterocycles. The first-order valence-electron chi connectivity index (χ1n) is 3.67. The third-order valence-corrected chi connectivity index (χ3v) is 1.87. The van der Waals surface area contributed by atoms with Crippen molar-refractivity contribution in [3.63, 3.8) is 0 Å². The van der Waals surface area contributed by atoms with Crippen LogP contribution in [0.5, 0.6) is 0 Å². The number of rotatable bonds is 0. The average molecular weight is 147 g/mol. The highest BCUT2D eigenvalue weighted by molar-refractivity contribution is 5.52. The topological polar surface area (TPSA) is 33.1 Å². The van der Waals surface area contributed by atoms with Gasteiger partial charge < -0.3 is 5.11 Å². The van der Waals surface area contributed by atoms with Gasteiger partial charge in [-0.25, -0.2) is 0 Å². The summed E-state index contributed by atoms with van der Waals surface area (Å²) >= 11 is 0. The second-order valence-electron chi connectivity index (χ2n) is 2.63. The van der Waals surface area contributed by atoms with Gasteiger partial charge in [0.2, 0.25) is 0 Å². The fourth-order valence-corrected chi connectivity index (χ4v) is 1.29. The van der Waals surface area contributed by atoms with Crippen molar-refractivity contribution in [1.82, 2.24) is 4.98 Å². The minimum absolute atomic E-state index is 0.358. The predicted molar refractivity (Wildman–Crippen MR) is 42.8 cm³/mol. The lowest BCUT2D eigenvalue weighted by atomic mass is 10.00. The van der Waals surface area contributed by atoms with Crippen LogP contribution in [0.3, 0.4) is 0 Å². The van der Waals surface area contributed by atoms with E-state index in [4.69, 9.17) is 0 Å². The number of hydrogen-bond donors (Lipinski definition) is 1. The van der Waals surface area contributed by atoms with Gasteiger partial charge in [0.1, 0.15) is 0 Å². The molecule has 0 radical (unpaired) electrons. The van der Waals surface area contributed by atoms with Crippen molar-refractivity contribution in [3.8, 4) is 0 Å². The summed E-state index contributed by atoms with van der Waals surface area (Å²) in [5.74, 6) is 0. The molecule has 2 nitrogen and oxygen atoms in total. The zero-order chi connectivity index (χ0) is 7.68. The fourth-order valence-electron chi connectivity index (χ4n) is 1.29. The number of aliphatic hydroxyl groups is 1. The van der Waals surface area contributed by atoms with E-state index >= 15 is 0 Å². The highest BCUT2D eigenvalue weighted by Gasteiger charge is 2.13. The van der Waals surface area contributed by atoms with E-state index in [0.29, 0.717) is 6.42 Å². The Morgan fingerprint density at radius 3 is 3.27 bits per heavy atom. The first kappa shape index (κ1) is 6.55. The summed E-state index contributed by atoms with van der Waals surface area (Å²) in [5.41, 5.74) is 1.83. The molecule has 2 heteroatoms. The van der Waals surface area contributed by atoms with Gasteiger partial charge in [0.05, 0.1) is 11.8 Å². The molecule has 1 aliphatic rings. The number of fused-ring (bicyclic) bond motifs is 1. The van der Waals surface area contributed by atoms with Gasteiger partial charge in [-0.2, -0.15) is 0 Å². The number of hydrogen-bond acceptors (Lipinski definition) is 2. The van der Waals surface area contributed by atoms with Crippen LogP contribution in [0.25, 0.3) is 6.08 Å². The van der Waals surface area contributed by atoms with Crippen LogP contribution in [0.15, 0.2) is 24.4 Å². The Hall–Kier alpha value is -1.15. The Kier molecular flexibility index (Phi) is 1.47. The molecule has 11 heavy (non-hydrogen) atoms. The Morgan fingerprint density at radius 1 is 1.55 bits per heavy atom. The zero-order valence-corrected chi connectivity index (χ0v) is 6.07. The quantitative estimate of drug-likeness (QED) is 0.603. The molecule has 56 valence electrons. The van der Waals surface area contributed by atoms with Crippen molar-refractivity contribution in [2.24, 2.45) is 0 Å². The van der Waals surface area contributed by atoms with E-state index in [-0.39, 0.29) is 6.10 Å². The number of pyridine rings is 1. The van der Waals surface area contributed by atoms with Crippen LogP contribution in [0, 0.1) is 0 Å². The Labute approximate surface area is 65.2 Å². The van der Waals surface area contributed by atoms with Crippen molar-refractivity contribution in [2.75, 3.05) is 0 Å². The van der Waals surface area contributed by atoms with Crippen LogP contribution in [0.1, 0.15) is 23.8 Å². The third kappa shape index (κ3) is 1.05. The Balaban J connectivity index is 2.54. The lowest BCUT2D eigenvalue weighted by Gasteiger charge is -2.14. The van der Waals surface area contributed by atoms with E-state index < -0.39 is 0 Å². The van der Waals surface area contributed by atoms with Gasteiger partial charge in [-0.1, -0.05) is 12.1 Å². The van der Waals surface area contributed by atoms with E-state index in [1.165, 1.54) is 0 Å². The lowest BCUT2D eigenvalue weighted by molar-refractivity contribution is 0.179. The minimum atomic E-state index is -0.358. The molecule has 2 rings (SSSR count). The molecule has 0 saturated carbocycles. The van der Waals surface area contributed by atoms with Crippen molar-refractivity contribution >= 4 is 6.08 Å². The van der Waals surface area contributed by atoms with Gasteiger partial charge in [0.25, 0.3) is 0 Å². The van der Waals surface area contributed by atoms with Gasteiger partial charge in [-0.15, -0.1) is 0 Å². The van der Waals surface area contributed by atoms with Crippen LogP contribution >= 0.6 is 0 Å². The fraction of sp³-hybridized carbons (Fsp3) is 0.222. The summed E-state index contributed by atoms with van der Waals surface area (Å²) in [4.78, 5) is 4.12. The maximum atomic E-state index is 9.47. The number of nitrogens with zero attached hydrogens (tertiary/aromatic N) is 1. The molecule has 0 amide bonds. The molecule has 1 aromatic rings. The van der Waals surface area contributed by atoms with Crippen LogP contribution in [-0.2, 0) is 0 Å². The van der Waals surface area contributed by atoms with Gasteiger partial charge >= 0.3 is 0 Å². The summed E-state index contributed by atoms with van der Waals surface area (Å²) in [6, 6.07) is 3.76. The van der Waals surface area contributed by atoms with Crippen LogP contribution in [-0.4, -0.2) is 10.1 Å². The Morgan fingerprint density at radius 2 is 2.45 bits per heavy atom. The maximum absolute atomic E-state index is 9.47. The van der Waals surface area contributed by atoms with E-state index in [1.54, 1.807) is 6.20 Å². The summed E-state index contributed by atoms with van der Waals surface area (Å²) < 4.78 is 0. The van der Waals surface area contributed by atoms with Crippen LogP contribution in [0.4, 0.5) is 0 Å². The average Bonchev–Trinajstić information content (AvgIpc) is 2.06. The van der Waals surface area contributed by atoms with Crippen molar-refractivity contribution in [2.45, 2.75) is 12.5 Å². The predicted octanol–water partition coefficient (Wildman–Crippen LogP) is 1.53. The highest BCUT2D eigenvalue weighted by atomic mass is 16.3.